The maximum atomic E-state index is 14.0. The molecule has 318 valence electrons. The Bertz CT molecular complexity index is 2130. The number of hydrogen-bond acceptors (Lipinski definition) is 9. The molecule has 3 amide bonds. The summed E-state index contributed by atoms with van der Waals surface area (Å²) in [6.45, 7) is 11.9. The van der Waals surface area contributed by atoms with Crippen molar-refractivity contribution in [1.82, 2.24) is 9.80 Å². The summed E-state index contributed by atoms with van der Waals surface area (Å²) < 4.78 is 9.76. The first-order valence-corrected chi connectivity index (χ1v) is 21.6. The van der Waals surface area contributed by atoms with E-state index in [9.17, 15) is 24.0 Å². The number of hydrogen-bond donors (Lipinski definition) is 2. The number of methoxy groups -OCH3 is 1. The first-order chi connectivity index (χ1) is 28.9. The molecule has 0 fully saturated rings. The van der Waals surface area contributed by atoms with Gasteiger partial charge in [-0.05, 0) is 110 Å². The summed E-state index contributed by atoms with van der Waals surface area (Å²) in [5.74, 6) is -1.17. The largest absolute Gasteiger partial charge is 0.466 e. The summed E-state index contributed by atoms with van der Waals surface area (Å²) in [5, 5.41) is 6.74. The fourth-order valence-electron chi connectivity index (χ4n) is 7.49. The van der Waals surface area contributed by atoms with Crippen LogP contribution in [0.2, 0.25) is 0 Å². The molecule has 12 heteroatoms. The van der Waals surface area contributed by atoms with Gasteiger partial charge in [0.15, 0.2) is 0 Å². The van der Waals surface area contributed by atoms with E-state index < -0.39 is 0 Å². The number of thiophene rings is 1. The number of aryl methyl sites for hydroxylation is 3. The summed E-state index contributed by atoms with van der Waals surface area (Å²) in [6, 6.07) is 22.7. The second kappa shape index (κ2) is 22.1. The smallest absolute Gasteiger partial charge is 0.337 e. The lowest BCUT2D eigenvalue weighted by atomic mass is 9.95. The summed E-state index contributed by atoms with van der Waals surface area (Å²) in [4.78, 5) is 69.3. The normalized spacial score (nSPS) is 12.7. The first kappa shape index (κ1) is 45.5. The third-order valence-corrected chi connectivity index (χ3v) is 12.0. The molecule has 5 rings (SSSR count). The van der Waals surface area contributed by atoms with Gasteiger partial charge in [-0.2, -0.15) is 0 Å². The molecule has 0 unspecified atom stereocenters. The number of esters is 2. The molecule has 0 saturated carbocycles. The van der Waals surface area contributed by atoms with E-state index in [-0.39, 0.29) is 61.1 Å². The Morgan fingerprint density at radius 1 is 0.833 bits per heavy atom. The molecule has 0 saturated heterocycles. The van der Waals surface area contributed by atoms with Crippen LogP contribution >= 0.6 is 11.3 Å². The number of carbonyl (C=O) groups is 5. The maximum absolute atomic E-state index is 14.0. The minimum atomic E-state index is -0.382. The average molecular weight is 835 g/mol. The maximum Gasteiger partial charge on any atom is 0.337 e. The minimum Gasteiger partial charge on any atom is -0.466 e. The van der Waals surface area contributed by atoms with E-state index in [0.717, 1.165) is 65.7 Å². The van der Waals surface area contributed by atoms with Crippen LogP contribution in [0, 0.1) is 5.92 Å². The molecule has 1 aliphatic carbocycles. The van der Waals surface area contributed by atoms with Crippen molar-refractivity contribution in [2.24, 2.45) is 5.92 Å². The molecular weight excluding hydrogens is 777 g/mol. The lowest BCUT2D eigenvalue weighted by molar-refractivity contribution is -0.145. The number of anilines is 2. The number of benzene rings is 3. The molecule has 1 aromatic heterocycles. The molecule has 1 aliphatic rings. The quantitative estimate of drug-likeness (QED) is 0.0669. The molecule has 1 atom stereocenters. The topological polar surface area (TPSA) is 134 Å². The van der Waals surface area contributed by atoms with Gasteiger partial charge in [0, 0.05) is 55.3 Å². The standard InChI is InChI=1S/C48H58N4O7S/c1-7-40(32(3)4)52(29-28-51(5)42(53)26-27-43(54)59-8-2)31-35-12-11-13-37(30-35)45(55)50-47-44(39-14-9-10-15-41(39)60-47)46(56)49-38-24-20-34(21-25-38)17-16-33-18-22-36(23-19-33)48(57)58-6/h7,11-13,18-25,30,32,40H,1,8-10,14-17,26-29,31H2,2-6H3,(H,49,56)(H,50,55)/t40-/m1/s1. The Hall–Kier alpha value is -5.59. The van der Waals surface area contributed by atoms with Gasteiger partial charge in [0.1, 0.15) is 5.00 Å². The third kappa shape index (κ3) is 12.5. The van der Waals surface area contributed by atoms with Crippen molar-refractivity contribution in [2.45, 2.75) is 84.7 Å². The molecule has 4 aromatic rings. The van der Waals surface area contributed by atoms with Gasteiger partial charge in [-0.25, -0.2) is 4.79 Å². The van der Waals surface area contributed by atoms with Gasteiger partial charge in [-0.3, -0.25) is 24.1 Å². The molecular formula is C48H58N4O7S. The molecule has 60 heavy (non-hydrogen) atoms. The molecule has 1 heterocycles. The van der Waals surface area contributed by atoms with E-state index in [4.69, 9.17) is 9.47 Å². The average Bonchev–Trinajstić information content (AvgIpc) is 3.62. The van der Waals surface area contributed by atoms with Crippen molar-refractivity contribution >= 4 is 51.7 Å². The van der Waals surface area contributed by atoms with Crippen LogP contribution in [-0.4, -0.2) is 79.4 Å². The predicted molar refractivity (Wildman–Crippen MR) is 238 cm³/mol. The van der Waals surface area contributed by atoms with Crippen LogP contribution in [0.5, 0.6) is 0 Å². The zero-order valence-corrected chi connectivity index (χ0v) is 36.3. The Balaban J connectivity index is 1.25. The van der Waals surface area contributed by atoms with Crippen LogP contribution in [0.4, 0.5) is 10.7 Å². The van der Waals surface area contributed by atoms with E-state index in [1.165, 1.54) is 18.4 Å². The van der Waals surface area contributed by atoms with Crippen LogP contribution in [-0.2, 0) is 51.3 Å². The summed E-state index contributed by atoms with van der Waals surface area (Å²) in [5.41, 5.74) is 6.35. The SMILES string of the molecule is C=C[C@H](C(C)C)N(CCN(C)C(=O)CCC(=O)OCC)Cc1cccc(C(=O)Nc2sc3c(c2C(=O)Nc2ccc(CCc4ccc(C(=O)OC)cc4)cc2)CCCC3)c1. The highest BCUT2D eigenvalue weighted by Gasteiger charge is 2.27. The highest BCUT2D eigenvalue weighted by molar-refractivity contribution is 7.17. The van der Waals surface area contributed by atoms with Crippen molar-refractivity contribution in [1.29, 1.82) is 0 Å². The zero-order chi connectivity index (χ0) is 43.2. The number of nitrogens with one attached hydrogen (secondary N) is 2. The van der Waals surface area contributed by atoms with Crippen molar-refractivity contribution < 1.29 is 33.4 Å². The van der Waals surface area contributed by atoms with Crippen LogP contribution in [0.25, 0.3) is 0 Å². The van der Waals surface area contributed by atoms with E-state index in [1.54, 1.807) is 37.1 Å². The van der Waals surface area contributed by atoms with E-state index in [2.05, 4.69) is 36.0 Å². The summed E-state index contributed by atoms with van der Waals surface area (Å²) in [6.07, 6.45) is 7.31. The van der Waals surface area contributed by atoms with Crippen LogP contribution in [0.15, 0.2) is 85.5 Å². The van der Waals surface area contributed by atoms with Gasteiger partial charge in [0.05, 0.1) is 31.3 Å². The molecule has 11 nitrogen and oxygen atoms in total. The zero-order valence-electron chi connectivity index (χ0n) is 35.5. The Morgan fingerprint density at radius 3 is 2.17 bits per heavy atom. The van der Waals surface area contributed by atoms with E-state index in [1.807, 2.05) is 60.7 Å². The lowest BCUT2D eigenvalue weighted by Crippen LogP contribution is -2.42. The molecule has 0 spiro atoms. The number of nitrogens with zero attached hydrogens (tertiary/aromatic N) is 2. The Morgan fingerprint density at radius 2 is 1.52 bits per heavy atom. The van der Waals surface area contributed by atoms with Crippen molar-refractivity contribution in [3.63, 3.8) is 0 Å². The predicted octanol–water partition coefficient (Wildman–Crippen LogP) is 8.52. The number of rotatable bonds is 20. The van der Waals surface area contributed by atoms with Gasteiger partial charge >= 0.3 is 11.9 Å². The van der Waals surface area contributed by atoms with Crippen molar-refractivity contribution in [2.75, 3.05) is 44.5 Å². The first-order valence-electron chi connectivity index (χ1n) is 20.8. The van der Waals surface area contributed by atoms with E-state index >= 15 is 0 Å². The minimum absolute atomic E-state index is 0.0127. The van der Waals surface area contributed by atoms with Crippen molar-refractivity contribution in [3.8, 4) is 0 Å². The van der Waals surface area contributed by atoms with Crippen LogP contribution in [0.3, 0.4) is 0 Å². The van der Waals surface area contributed by atoms with Gasteiger partial charge in [-0.15, -0.1) is 17.9 Å². The highest BCUT2D eigenvalue weighted by Crippen LogP contribution is 2.39. The third-order valence-electron chi connectivity index (χ3n) is 10.8. The van der Waals surface area contributed by atoms with Crippen LogP contribution < -0.4 is 10.6 Å². The molecule has 0 aliphatic heterocycles. The fourth-order valence-corrected chi connectivity index (χ4v) is 8.77. The number of amides is 3. The number of ether oxygens (including phenoxy) is 2. The molecule has 0 radical (unpaired) electrons. The fraction of sp³-hybridized carbons (Fsp3) is 0.396. The van der Waals surface area contributed by atoms with Gasteiger partial charge in [-0.1, -0.05) is 56.3 Å². The van der Waals surface area contributed by atoms with Gasteiger partial charge < -0.3 is 25.0 Å². The second-order valence-corrected chi connectivity index (χ2v) is 16.6. The lowest BCUT2D eigenvalue weighted by Gasteiger charge is -2.34. The number of likely N-dealkylation sites (N-methyl/N-ethyl adjacent to an activating group) is 1. The summed E-state index contributed by atoms with van der Waals surface area (Å²) >= 11 is 1.48. The van der Waals surface area contributed by atoms with Gasteiger partial charge in [0.2, 0.25) is 5.91 Å². The molecule has 3 aromatic carbocycles. The number of fused-ring (bicyclic) bond motifs is 1. The molecule has 0 bridgehead atoms. The second-order valence-electron chi connectivity index (χ2n) is 15.5. The Labute approximate surface area is 358 Å². The number of carbonyl (C=O) groups excluding carboxylic acids is 5. The molecule has 2 N–H and O–H groups in total. The van der Waals surface area contributed by atoms with Crippen LogP contribution in [0.1, 0.15) is 105 Å². The van der Waals surface area contributed by atoms with Gasteiger partial charge in [0.25, 0.3) is 11.8 Å². The van der Waals surface area contributed by atoms with E-state index in [0.29, 0.717) is 47.0 Å². The van der Waals surface area contributed by atoms with Crippen molar-refractivity contribution in [3.05, 3.63) is 129 Å². The Kier molecular flexibility index (Phi) is 16.8. The highest BCUT2D eigenvalue weighted by atomic mass is 32.1. The monoisotopic (exact) mass is 834 g/mol. The summed E-state index contributed by atoms with van der Waals surface area (Å²) in [7, 11) is 3.11.